The van der Waals surface area contributed by atoms with Crippen LogP contribution in [0.15, 0.2) is 24.3 Å². The zero-order chi connectivity index (χ0) is 10.8. The van der Waals surface area contributed by atoms with Crippen molar-refractivity contribution >= 4 is 32.0 Å². The molecule has 0 spiro atoms. The summed E-state index contributed by atoms with van der Waals surface area (Å²) in [6.45, 7) is 1.87. The topological polar surface area (TPSA) is 46.2 Å². The maximum absolute atomic E-state index is 12.0. The van der Waals surface area contributed by atoms with Crippen molar-refractivity contribution < 1.29 is 9.59 Å². The second-order valence-electron chi connectivity index (χ2n) is 3.46. The average molecular weight is 264 g/mol. The van der Waals surface area contributed by atoms with Crippen molar-refractivity contribution in [3.8, 4) is 0 Å². The molecular formula is C11H11AsNO2. The van der Waals surface area contributed by atoms with Crippen molar-refractivity contribution in [2.75, 3.05) is 0 Å². The van der Waals surface area contributed by atoms with E-state index in [1.807, 2.05) is 25.1 Å². The van der Waals surface area contributed by atoms with Gasteiger partial charge in [0, 0.05) is 0 Å². The molecule has 1 unspecified atom stereocenters. The fraction of sp³-hybridized carbons (Fsp3) is 0.273. The van der Waals surface area contributed by atoms with E-state index in [-0.39, 0.29) is 27.7 Å². The van der Waals surface area contributed by atoms with Gasteiger partial charge in [0.2, 0.25) is 0 Å². The van der Waals surface area contributed by atoms with Crippen LogP contribution in [0, 0.1) is 5.92 Å². The zero-order valence-corrected chi connectivity index (χ0v) is 10.2. The van der Waals surface area contributed by atoms with Crippen molar-refractivity contribution in [3.05, 3.63) is 29.8 Å². The summed E-state index contributed by atoms with van der Waals surface area (Å²) < 4.78 is 3.93. The Labute approximate surface area is 95.2 Å². The Balaban J connectivity index is 2.44. The first-order valence-electron chi connectivity index (χ1n) is 4.87. The first-order valence-corrected chi connectivity index (χ1v) is 6.75. The average Bonchev–Trinajstić information content (AvgIpc) is 2.26. The summed E-state index contributed by atoms with van der Waals surface area (Å²) in [5, 5.41) is 0. The third-order valence-electron chi connectivity index (χ3n) is 2.47. The quantitative estimate of drug-likeness (QED) is 0.584. The van der Waals surface area contributed by atoms with Gasteiger partial charge in [-0.25, -0.2) is 0 Å². The monoisotopic (exact) mass is 264 g/mol. The van der Waals surface area contributed by atoms with E-state index in [1.165, 1.54) is 0 Å². The number of rotatable bonds is 1. The van der Waals surface area contributed by atoms with Gasteiger partial charge in [-0.15, -0.1) is 0 Å². The summed E-state index contributed by atoms with van der Waals surface area (Å²) in [5.74, 6) is -0.678. The van der Waals surface area contributed by atoms with Crippen LogP contribution < -0.4 is 8.58 Å². The predicted octanol–water partition coefficient (Wildman–Crippen LogP) is 0.270. The van der Waals surface area contributed by atoms with Gasteiger partial charge in [0.25, 0.3) is 0 Å². The summed E-state index contributed by atoms with van der Waals surface area (Å²) in [5.41, 5.74) is 0.671. The third-order valence-corrected chi connectivity index (χ3v) is 4.29. The molecule has 3 nitrogen and oxygen atoms in total. The molecule has 15 heavy (non-hydrogen) atoms. The van der Waals surface area contributed by atoms with Crippen molar-refractivity contribution in [2.45, 2.75) is 13.3 Å². The minimum atomic E-state index is -0.504. The van der Waals surface area contributed by atoms with Crippen LogP contribution in [0.1, 0.15) is 23.7 Å². The first kappa shape index (κ1) is 10.4. The SMILES string of the molecule is CCC1C(=O)N[As]c2cccc(c2)C1=O. The molecule has 1 amide bonds. The number of hydrogen-bond donors (Lipinski definition) is 1. The number of amides is 1. The fourth-order valence-corrected chi connectivity index (χ4v) is 3.21. The van der Waals surface area contributed by atoms with Gasteiger partial charge in [0.15, 0.2) is 0 Å². The van der Waals surface area contributed by atoms with E-state index in [4.69, 9.17) is 0 Å². The minimum absolute atomic E-state index is 0.0576. The van der Waals surface area contributed by atoms with Crippen LogP contribution in [0.5, 0.6) is 0 Å². The van der Waals surface area contributed by atoms with Gasteiger partial charge in [-0.2, -0.15) is 0 Å². The standard InChI is InChI=1S/C11H11AsNO2/c1-2-9-10(14)7-4-3-5-8(6-7)12-13-11(9)15/h3-6,9H,2H2,1H3,(H,13,15). The van der Waals surface area contributed by atoms with Crippen LogP contribution in [0.4, 0.5) is 0 Å². The number of benzene rings is 1. The number of hydrogen-bond acceptors (Lipinski definition) is 2. The fourth-order valence-electron chi connectivity index (χ4n) is 1.62. The molecule has 0 saturated carbocycles. The molecule has 1 heterocycles. The molecule has 0 saturated heterocycles. The molecule has 1 radical (unpaired) electrons. The van der Waals surface area contributed by atoms with Gasteiger partial charge in [0.05, 0.1) is 0 Å². The molecule has 0 aliphatic carbocycles. The van der Waals surface area contributed by atoms with E-state index in [1.54, 1.807) is 6.07 Å². The number of carbonyl (C=O) groups excluding carboxylic acids is 2. The van der Waals surface area contributed by atoms with Gasteiger partial charge in [-0.1, -0.05) is 0 Å². The van der Waals surface area contributed by atoms with Gasteiger partial charge in [-0.05, 0) is 0 Å². The summed E-state index contributed by atoms with van der Waals surface area (Å²) in [4.78, 5) is 23.6. The van der Waals surface area contributed by atoms with E-state index in [2.05, 4.69) is 4.23 Å². The van der Waals surface area contributed by atoms with Gasteiger partial charge in [-0.3, -0.25) is 0 Å². The van der Waals surface area contributed by atoms with Crippen LogP contribution in [0.25, 0.3) is 0 Å². The molecule has 1 aromatic carbocycles. The summed E-state index contributed by atoms with van der Waals surface area (Å²) in [7, 11) is 0. The Bertz CT molecular complexity index is 417. The molecule has 77 valence electrons. The Morgan fingerprint density at radius 3 is 2.93 bits per heavy atom. The molecule has 0 fully saturated rings. The maximum atomic E-state index is 12.0. The first-order chi connectivity index (χ1) is 7.22. The van der Waals surface area contributed by atoms with Crippen molar-refractivity contribution in [1.29, 1.82) is 0 Å². The van der Waals surface area contributed by atoms with Crippen LogP contribution in [-0.4, -0.2) is 27.7 Å². The molecule has 0 aromatic heterocycles. The van der Waals surface area contributed by atoms with Gasteiger partial charge in [0.1, 0.15) is 0 Å². The van der Waals surface area contributed by atoms with Gasteiger partial charge < -0.3 is 0 Å². The van der Waals surface area contributed by atoms with Crippen molar-refractivity contribution in [3.63, 3.8) is 0 Å². The molecule has 2 rings (SSSR count). The zero-order valence-electron chi connectivity index (χ0n) is 8.36. The summed E-state index contributed by atoms with van der Waals surface area (Å²) in [6, 6.07) is 7.50. The van der Waals surface area contributed by atoms with E-state index in [9.17, 15) is 9.59 Å². The Kier molecular flexibility index (Phi) is 2.92. The second-order valence-corrected chi connectivity index (χ2v) is 5.49. The van der Waals surface area contributed by atoms with E-state index >= 15 is 0 Å². The number of fused-ring (bicyclic) bond motifs is 2. The Morgan fingerprint density at radius 2 is 2.20 bits per heavy atom. The van der Waals surface area contributed by atoms with E-state index in [0.717, 1.165) is 4.35 Å². The molecule has 4 heteroatoms. The molecule has 1 atom stereocenters. The van der Waals surface area contributed by atoms with E-state index < -0.39 is 5.92 Å². The van der Waals surface area contributed by atoms with Crippen molar-refractivity contribution in [2.24, 2.45) is 5.92 Å². The van der Waals surface area contributed by atoms with Crippen LogP contribution >= 0.6 is 0 Å². The predicted molar refractivity (Wildman–Crippen MR) is 58.1 cm³/mol. The number of carbonyl (C=O) groups is 2. The number of Topliss-reactive ketones (excluding diaryl/α,β-unsaturated/α-hetero) is 1. The van der Waals surface area contributed by atoms with Crippen LogP contribution in [0.2, 0.25) is 0 Å². The molecule has 1 aromatic rings. The third kappa shape index (κ3) is 1.98. The van der Waals surface area contributed by atoms with Crippen LogP contribution in [-0.2, 0) is 4.79 Å². The van der Waals surface area contributed by atoms with Crippen molar-refractivity contribution in [1.82, 2.24) is 4.23 Å². The summed E-state index contributed by atoms with van der Waals surface area (Å²) in [6.07, 6.45) is 0.565. The normalized spacial score (nSPS) is 22.1. The molecule has 1 aliphatic heterocycles. The molecular weight excluding hydrogens is 253 g/mol. The Morgan fingerprint density at radius 1 is 1.40 bits per heavy atom. The summed E-state index contributed by atoms with van der Waals surface area (Å²) >= 11 is -0.337. The number of nitrogens with one attached hydrogen (secondary N) is 1. The Hall–Kier alpha value is -1.08. The van der Waals surface area contributed by atoms with E-state index in [0.29, 0.717) is 12.0 Å². The molecule has 1 N–H and O–H groups in total. The van der Waals surface area contributed by atoms with Gasteiger partial charge >= 0.3 is 94.9 Å². The molecule has 1 aliphatic rings. The van der Waals surface area contributed by atoms with Crippen LogP contribution in [0.3, 0.4) is 0 Å². The molecule has 2 bridgehead atoms. The number of ketones is 1. The second kappa shape index (κ2) is 4.19.